The van der Waals surface area contributed by atoms with Gasteiger partial charge in [-0.05, 0) is 25.2 Å². The summed E-state index contributed by atoms with van der Waals surface area (Å²) >= 11 is 1.82. The third-order valence-electron chi connectivity index (χ3n) is 2.85. The number of aliphatic hydroxyl groups excluding tert-OH is 1. The van der Waals surface area contributed by atoms with Gasteiger partial charge < -0.3 is 20.3 Å². The van der Waals surface area contributed by atoms with Gasteiger partial charge in [0, 0.05) is 36.6 Å². The first kappa shape index (κ1) is 16.1. The van der Waals surface area contributed by atoms with E-state index in [4.69, 9.17) is 9.84 Å². The minimum Gasteiger partial charge on any atom is -0.507 e. The molecule has 5 heteroatoms. The van der Waals surface area contributed by atoms with Crippen molar-refractivity contribution in [3.05, 3.63) is 23.8 Å². The third kappa shape index (κ3) is 5.72. The Morgan fingerprint density at radius 2 is 2.16 bits per heavy atom. The second kappa shape index (κ2) is 9.07. The van der Waals surface area contributed by atoms with Crippen LogP contribution in [-0.2, 0) is 0 Å². The number of ether oxygens (including phenoxy) is 1. The maximum Gasteiger partial charge on any atom is 0.124 e. The summed E-state index contributed by atoms with van der Waals surface area (Å²) in [5.74, 6) is 2.90. The highest BCUT2D eigenvalue weighted by Crippen LogP contribution is 2.28. The van der Waals surface area contributed by atoms with Crippen LogP contribution >= 0.6 is 11.8 Å². The number of thioether (sulfide) groups is 1. The zero-order valence-electron chi connectivity index (χ0n) is 11.6. The predicted octanol–water partition coefficient (Wildman–Crippen LogP) is 2.17. The first-order valence-electron chi connectivity index (χ1n) is 6.48. The number of phenolic OH excluding ortho intramolecular Hbond substituents is 1. The van der Waals surface area contributed by atoms with Crippen molar-refractivity contribution in [3.63, 3.8) is 0 Å². The third-order valence-corrected chi connectivity index (χ3v) is 3.92. The van der Waals surface area contributed by atoms with Crippen LogP contribution in [0.2, 0.25) is 0 Å². The molecule has 0 spiro atoms. The van der Waals surface area contributed by atoms with Gasteiger partial charge in [0.2, 0.25) is 0 Å². The molecule has 0 aromatic heterocycles. The lowest BCUT2D eigenvalue weighted by Crippen LogP contribution is -2.21. The van der Waals surface area contributed by atoms with E-state index in [2.05, 4.69) is 5.32 Å². The topological polar surface area (TPSA) is 61.7 Å². The Morgan fingerprint density at radius 3 is 2.79 bits per heavy atom. The number of hydrogen-bond acceptors (Lipinski definition) is 5. The summed E-state index contributed by atoms with van der Waals surface area (Å²) in [7, 11) is 1.58. The number of hydrogen-bond donors (Lipinski definition) is 3. The molecule has 1 unspecified atom stereocenters. The smallest absolute Gasteiger partial charge is 0.124 e. The van der Waals surface area contributed by atoms with Gasteiger partial charge in [-0.3, -0.25) is 0 Å². The van der Waals surface area contributed by atoms with E-state index in [0.29, 0.717) is 5.75 Å². The Kier molecular flexibility index (Phi) is 7.70. The number of rotatable bonds is 9. The second-order valence-corrected chi connectivity index (χ2v) is 5.51. The van der Waals surface area contributed by atoms with E-state index >= 15 is 0 Å². The van der Waals surface area contributed by atoms with E-state index in [1.165, 1.54) is 0 Å². The van der Waals surface area contributed by atoms with Gasteiger partial charge in [0.05, 0.1) is 7.11 Å². The van der Waals surface area contributed by atoms with Crippen molar-refractivity contribution >= 4 is 11.8 Å². The normalized spacial score (nSPS) is 12.4. The summed E-state index contributed by atoms with van der Waals surface area (Å²) < 4.78 is 5.06. The molecule has 0 bridgehead atoms. The molecule has 0 aliphatic heterocycles. The van der Waals surface area contributed by atoms with Crippen LogP contribution in [0.4, 0.5) is 0 Å². The Labute approximate surface area is 119 Å². The molecule has 0 fully saturated rings. The molecule has 0 amide bonds. The number of aliphatic hydroxyl groups is 1. The molecule has 3 N–H and O–H groups in total. The minimum atomic E-state index is 0.101. The molecule has 4 nitrogen and oxygen atoms in total. The van der Waals surface area contributed by atoms with Crippen LogP contribution in [0.3, 0.4) is 0 Å². The average Bonchev–Trinajstić information content (AvgIpc) is 2.42. The number of benzene rings is 1. The molecular formula is C14H23NO3S. The first-order valence-corrected chi connectivity index (χ1v) is 7.63. The van der Waals surface area contributed by atoms with E-state index in [1.807, 2.05) is 30.8 Å². The van der Waals surface area contributed by atoms with Gasteiger partial charge in [0.1, 0.15) is 11.5 Å². The molecule has 0 radical (unpaired) electrons. The van der Waals surface area contributed by atoms with Crippen molar-refractivity contribution in [2.45, 2.75) is 19.4 Å². The van der Waals surface area contributed by atoms with E-state index < -0.39 is 0 Å². The zero-order chi connectivity index (χ0) is 14.1. The first-order chi connectivity index (χ1) is 9.19. The highest BCUT2D eigenvalue weighted by Gasteiger charge is 2.10. The summed E-state index contributed by atoms with van der Waals surface area (Å²) in [6.45, 7) is 3.17. The molecular weight excluding hydrogens is 262 g/mol. The van der Waals surface area contributed by atoms with Crippen LogP contribution < -0.4 is 10.1 Å². The van der Waals surface area contributed by atoms with Crippen LogP contribution in [0.15, 0.2) is 18.2 Å². The number of methoxy groups -OCH3 is 1. The zero-order valence-corrected chi connectivity index (χ0v) is 12.4. The van der Waals surface area contributed by atoms with Crippen molar-refractivity contribution in [1.29, 1.82) is 0 Å². The summed E-state index contributed by atoms with van der Waals surface area (Å²) in [6, 6.07) is 5.46. The lowest BCUT2D eigenvalue weighted by atomic mass is 10.1. The maximum atomic E-state index is 9.91. The standard InChI is InChI=1S/C14H23NO3S/c1-11(15-6-9-19-8-3-7-16)13-5-4-12(18-2)10-14(13)17/h4-5,10-11,15-17H,3,6-9H2,1-2H3. The number of nitrogens with one attached hydrogen (secondary N) is 1. The molecule has 108 valence electrons. The predicted molar refractivity (Wildman–Crippen MR) is 80.1 cm³/mol. The van der Waals surface area contributed by atoms with Gasteiger partial charge in [0.15, 0.2) is 0 Å². The Morgan fingerprint density at radius 1 is 1.37 bits per heavy atom. The summed E-state index contributed by atoms with van der Waals surface area (Å²) in [5, 5.41) is 21.9. The van der Waals surface area contributed by atoms with E-state index in [-0.39, 0.29) is 18.4 Å². The Hall–Kier alpha value is -0.910. The largest absolute Gasteiger partial charge is 0.507 e. The minimum absolute atomic E-state index is 0.101. The van der Waals surface area contributed by atoms with Crippen LogP contribution in [0.1, 0.15) is 24.9 Å². The van der Waals surface area contributed by atoms with Crippen LogP contribution in [0.5, 0.6) is 11.5 Å². The van der Waals surface area contributed by atoms with Gasteiger partial charge in [-0.25, -0.2) is 0 Å². The lowest BCUT2D eigenvalue weighted by Gasteiger charge is -2.16. The molecule has 1 aromatic rings. The van der Waals surface area contributed by atoms with Gasteiger partial charge >= 0.3 is 0 Å². The monoisotopic (exact) mass is 285 g/mol. The van der Waals surface area contributed by atoms with Gasteiger partial charge in [-0.15, -0.1) is 0 Å². The molecule has 1 rings (SSSR count). The maximum absolute atomic E-state index is 9.91. The second-order valence-electron chi connectivity index (χ2n) is 4.29. The highest BCUT2D eigenvalue weighted by atomic mass is 32.2. The molecule has 0 saturated carbocycles. The van der Waals surface area contributed by atoms with E-state index in [0.717, 1.165) is 30.0 Å². The highest BCUT2D eigenvalue weighted by molar-refractivity contribution is 7.99. The van der Waals surface area contributed by atoms with E-state index in [9.17, 15) is 5.11 Å². The van der Waals surface area contributed by atoms with Crippen molar-refractivity contribution in [1.82, 2.24) is 5.32 Å². The van der Waals surface area contributed by atoms with Crippen LogP contribution in [0.25, 0.3) is 0 Å². The summed E-state index contributed by atoms with van der Waals surface area (Å²) in [6.07, 6.45) is 0.847. The Balaban J connectivity index is 2.34. The van der Waals surface area contributed by atoms with Crippen molar-refractivity contribution in [3.8, 4) is 11.5 Å². The fourth-order valence-corrected chi connectivity index (χ4v) is 2.54. The summed E-state index contributed by atoms with van der Waals surface area (Å²) in [5.41, 5.74) is 0.876. The van der Waals surface area contributed by atoms with Gasteiger partial charge in [-0.1, -0.05) is 6.07 Å². The van der Waals surface area contributed by atoms with Crippen LogP contribution in [0, 0.1) is 0 Å². The molecule has 1 atom stereocenters. The average molecular weight is 285 g/mol. The fraction of sp³-hybridized carbons (Fsp3) is 0.571. The summed E-state index contributed by atoms with van der Waals surface area (Å²) in [4.78, 5) is 0. The Bertz CT molecular complexity index is 374. The SMILES string of the molecule is COc1ccc(C(C)NCCSCCCO)c(O)c1. The van der Waals surface area contributed by atoms with Crippen molar-refractivity contribution in [2.75, 3.05) is 31.8 Å². The molecule has 19 heavy (non-hydrogen) atoms. The van der Waals surface area contributed by atoms with Crippen LogP contribution in [-0.4, -0.2) is 42.0 Å². The molecule has 0 saturated heterocycles. The number of phenols is 1. The van der Waals surface area contributed by atoms with Gasteiger partial charge in [-0.2, -0.15) is 11.8 Å². The fourth-order valence-electron chi connectivity index (χ4n) is 1.74. The molecule has 1 aromatic carbocycles. The van der Waals surface area contributed by atoms with Gasteiger partial charge in [0.25, 0.3) is 0 Å². The van der Waals surface area contributed by atoms with E-state index in [1.54, 1.807) is 13.2 Å². The number of aromatic hydroxyl groups is 1. The lowest BCUT2D eigenvalue weighted by molar-refractivity contribution is 0.296. The quantitative estimate of drug-likeness (QED) is 0.607. The van der Waals surface area contributed by atoms with Crippen molar-refractivity contribution in [2.24, 2.45) is 0 Å². The van der Waals surface area contributed by atoms with Crippen molar-refractivity contribution < 1.29 is 14.9 Å². The molecule has 0 aliphatic rings. The molecule has 0 heterocycles. The molecule has 0 aliphatic carbocycles.